The zero-order chi connectivity index (χ0) is 15.5. The standard InChI is InChI=1S/C17H20N2O3/c1-3-17(20)19(14-6-7-14)11-13-10-16(22-18-13)12-4-8-15(21-2)9-5-12/h4-5,8-10,14H,3,6-7,11H2,1-2H3. The number of hydrogen-bond acceptors (Lipinski definition) is 4. The SMILES string of the molecule is CCC(=O)N(Cc1cc(-c2ccc(OC)cc2)on1)C1CC1. The number of carbonyl (C=O) groups is 1. The van der Waals surface area contributed by atoms with E-state index in [9.17, 15) is 4.79 Å². The molecule has 1 heterocycles. The van der Waals surface area contributed by atoms with Crippen LogP contribution in [0.2, 0.25) is 0 Å². The fourth-order valence-electron chi connectivity index (χ4n) is 2.46. The Hall–Kier alpha value is -2.30. The molecule has 0 radical (unpaired) electrons. The van der Waals surface area contributed by atoms with Crippen LogP contribution in [0.4, 0.5) is 0 Å². The molecule has 1 amide bonds. The highest BCUT2D eigenvalue weighted by Crippen LogP contribution is 2.30. The normalized spacial score (nSPS) is 13.9. The van der Waals surface area contributed by atoms with Crippen molar-refractivity contribution in [1.29, 1.82) is 0 Å². The molecule has 0 spiro atoms. The Bertz CT molecular complexity index is 644. The highest BCUT2D eigenvalue weighted by Gasteiger charge is 2.32. The van der Waals surface area contributed by atoms with Gasteiger partial charge in [-0.3, -0.25) is 4.79 Å². The molecule has 0 unspecified atom stereocenters. The molecule has 0 saturated heterocycles. The predicted molar refractivity (Wildman–Crippen MR) is 82.4 cm³/mol. The van der Waals surface area contributed by atoms with Crippen LogP contribution in [0.3, 0.4) is 0 Å². The second-order valence-electron chi connectivity index (χ2n) is 5.52. The lowest BCUT2D eigenvalue weighted by molar-refractivity contribution is -0.132. The van der Waals surface area contributed by atoms with Gasteiger partial charge in [-0.25, -0.2) is 0 Å². The molecule has 2 aromatic rings. The van der Waals surface area contributed by atoms with Crippen molar-refractivity contribution in [2.75, 3.05) is 7.11 Å². The lowest BCUT2D eigenvalue weighted by Crippen LogP contribution is -2.31. The molecule has 0 bridgehead atoms. The lowest BCUT2D eigenvalue weighted by atomic mass is 10.1. The molecule has 0 atom stereocenters. The minimum Gasteiger partial charge on any atom is -0.497 e. The Morgan fingerprint density at radius 3 is 2.68 bits per heavy atom. The van der Waals surface area contributed by atoms with Crippen LogP contribution in [0.15, 0.2) is 34.9 Å². The number of amides is 1. The van der Waals surface area contributed by atoms with Gasteiger partial charge in [-0.05, 0) is 37.1 Å². The van der Waals surface area contributed by atoms with Crippen molar-refractivity contribution in [3.63, 3.8) is 0 Å². The summed E-state index contributed by atoms with van der Waals surface area (Å²) in [5.74, 6) is 1.69. The molecular weight excluding hydrogens is 280 g/mol. The predicted octanol–water partition coefficient (Wildman–Crippen LogP) is 3.25. The number of rotatable bonds is 6. The summed E-state index contributed by atoms with van der Waals surface area (Å²) in [6.07, 6.45) is 2.71. The van der Waals surface area contributed by atoms with Gasteiger partial charge in [-0.15, -0.1) is 0 Å². The number of ether oxygens (including phenoxy) is 1. The molecule has 0 N–H and O–H groups in total. The third kappa shape index (κ3) is 3.13. The minimum atomic E-state index is 0.177. The number of nitrogens with zero attached hydrogens (tertiary/aromatic N) is 2. The average molecular weight is 300 g/mol. The van der Waals surface area contributed by atoms with E-state index in [0.29, 0.717) is 24.8 Å². The van der Waals surface area contributed by atoms with Gasteiger partial charge >= 0.3 is 0 Å². The maximum Gasteiger partial charge on any atom is 0.222 e. The van der Waals surface area contributed by atoms with Gasteiger partial charge in [0.2, 0.25) is 5.91 Å². The van der Waals surface area contributed by atoms with Gasteiger partial charge in [0.15, 0.2) is 5.76 Å². The molecule has 3 rings (SSSR count). The Morgan fingerprint density at radius 2 is 2.09 bits per heavy atom. The van der Waals surface area contributed by atoms with E-state index >= 15 is 0 Å². The summed E-state index contributed by atoms with van der Waals surface area (Å²) in [5.41, 5.74) is 1.74. The first-order valence-corrected chi connectivity index (χ1v) is 7.60. The number of hydrogen-bond donors (Lipinski definition) is 0. The summed E-state index contributed by atoms with van der Waals surface area (Å²) in [7, 11) is 1.64. The van der Waals surface area contributed by atoms with Crippen LogP contribution < -0.4 is 4.74 Å². The van der Waals surface area contributed by atoms with Crippen molar-refractivity contribution in [2.24, 2.45) is 0 Å². The zero-order valence-electron chi connectivity index (χ0n) is 12.9. The molecule has 0 aliphatic heterocycles. The maximum atomic E-state index is 12.0. The van der Waals surface area contributed by atoms with Crippen molar-refractivity contribution in [1.82, 2.24) is 10.1 Å². The van der Waals surface area contributed by atoms with Crippen LogP contribution in [-0.2, 0) is 11.3 Å². The maximum absolute atomic E-state index is 12.0. The van der Waals surface area contributed by atoms with E-state index in [1.807, 2.05) is 42.2 Å². The largest absolute Gasteiger partial charge is 0.497 e. The van der Waals surface area contributed by atoms with Gasteiger partial charge in [0.05, 0.1) is 13.7 Å². The van der Waals surface area contributed by atoms with Crippen LogP contribution in [0.25, 0.3) is 11.3 Å². The second-order valence-corrected chi connectivity index (χ2v) is 5.52. The molecule has 1 aromatic carbocycles. The van der Waals surface area contributed by atoms with Crippen molar-refractivity contribution in [3.8, 4) is 17.1 Å². The Kier molecular flexibility index (Phi) is 4.13. The van der Waals surface area contributed by atoms with E-state index < -0.39 is 0 Å². The van der Waals surface area contributed by atoms with E-state index in [1.165, 1.54) is 0 Å². The first-order chi connectivity index (χ1) is 10.7. The number of carbonyl (C=O) groups excluding carboxylic acids is 1. The van der Waals surface area contributed by atoms with Crippen LogP contribution in [0, 0.1) is 0 Å². The summed E-state index contributed by atoms with van der Waals surface area (Å²) >= 11 is 0. The summed E-state index contributed by atoms with van der Waals surface area (Å²) in [5, 5.41) is 4.10. The minimum absolute atomic E-state index is 0.177. The van der Waals surface area contributed by atoms with Crippen molar-refractivity contribution in [3.05, 3.63) is 36.0 Å². The van der Waals surface area contributed by atoms with Crippen molar-refractivity contribution >= 4 is 5.91 Å². The van der Waals surface area contributed by atoms with Gasteiger partial charge in [-0.1, -0.05) is 12.1 Å². The summed E-state index contributed by atoms with van der Waals surface area (Å²) in [4.78, 5) is 13.9. The molecule has 116 valence electrons. The van der Waals surface area contributed by atoms with Gasteiger partial charge in [0, 0.05) is 24.1 Å². The molecule has 1 fully saturated rings. The Morgan fingerprint density at radius 1 is 1.36 bits per heavy atom. The fourth-order valence-corrected chi connectivity index (χ4v) is 2.46. The smallest absolute Gasteiger partial charge is 0.222 e. The average Bonchev–Trinajstić information content (AvgIpc) is 3.30. The molecule has 1 aromatic heterocycles. The van der Waals surface area contributed by atoms with E-state index in [1.54, 1.807) is 7.11 Å². The van der Waals surface area contributed by atoms with Crippen LogP contribution in [0.5, 0.6) is 5.75 Å². The van der Waals surface area contributed by atoms with Gasteiger partial charge in [0.25, 0.3) is 0 Å². The highest BCUT2D eigenvalue weighted by molar-refractivity contribution is 5.76. The molecule has 1 saturated carbocycles. The first kappa shape index (κ1) is 14.6. The molecule has 22 heavy (non-hydrogen) atoms. The third-order valence-corrected chi connectivity index (χ3v) is 3.88. The van der Waals surface area contributed by atoms with Gasteiger partial charge < -0.3 is 14.2 Å². The fraction of sp³-hybridized carbons (Fsp3) is 0.412. The van der Waals surface area contributed by atoms with Crippen molar-refractivity contribution < 1.29 is 14.1 Å². The highest BCUT2D eigenvalue weighted by atomic mass is 16.5. The third-order valence-electron chi connectivity index (χ3n) is 3.88. The number of aromatic nitrogens is 1. The molecular formula is C17H20N2O3. The summed E-state index contributed by atoms with van der Waals surface area (Å²) in [6, 6.07) is 9.91. The second kappa shape index (κ2) is 6.22. The number of methoxy groups -OCH3 is 1. The quantitative estimate of drug-likeness (QED) is 0.821. The van der Waals surface area contributed by atoms with Crippen LogP contribution in [0.1, 0.15) is 31.9 Å². The molecule has 5 nitrogen and oxygen atoms in total. The summed E-state index contributed by atoms with van der Waals surface area (Å²) < 4.78 is 10.6. The zero-order valence-corrected chi connectivity index (χ0v) is 12.9. The summed E-state index contributed by atoms with van der Waals surface area (Å²) in [6.45, 7) is 2.42. The van der Waals surface area contributed by atoms with E-state index in [0.717, 1.165) is 29.8 Å². The Labute approximate surface area is 129 Å². The van der Waals surface area contributed by atoms with Gasteiger partial charge in [0.1, 0.15) is 11.4 Å². The molecule has 1 aliphatic carbocycles. The van der Waals surface area contributed by atoms with E-state index in [2.05, 4.69) is 5.16 Å². The topological polar surface area (TPSA) is 55.6 Å². The Balaban J connectivity index is 1.73. The van der Waals surface area contributed by atoms with Crippen LogP contribution in [-0.4, -0.2) is 29.1 Å². The monoisotopic (exact) mass is 300 g/mol. The van der Waals surface area contributed by atoms with Crippen molar-refractivity contribution in [2.45, 2.75) is 38.8 Å². The van der Waals surface area contributed by atoms with Gasteiger partial charge in [-0.2, -0.15) is 0 Å². The number of benzene rings is 1. The van der Waals surface area contributed by atoms with E-state index in [-0.39, 0.29) is 5.91 Å². The van der Waals surface area contributed by atoms with E-state index in [4.69, 9.17) is 9.26 Å². The first-order valence-electron chi connectivity index (χ1n) is 7.60. The lowest BCUT2D eigenvalue weighted by Gasteiger charge is -2.20. The molecule has 1 aliphatic rings. The molecule has 5 heteroatoms. The van der Waals surface area contributed by atoms with Crippen LogP contribution >= 0.6 is 0 Å².